The molecule has 0 spiro atoms. The molecule has 0 radical (unpaired) electrons. The molecule has 1 aliphatic heterocycles. The normalized spacial score (nSPS) is 15.4. The average molecular weight is 590 g/mol. The molecule has 5 rings (SSSR count). The summed E-state index contributed by atoms with van der Waals surface area (Å²) in [7, 11) is -3.66. The molecule has 7 nitrogen and oxygen atoms in total. The SMILES string of the molecule is C[C@@H](c1ccccc1)n1c(SCc2ccc(Cl)cc2Cl)nnc1-c1cccc(S(=O)(=O)N2CCOCC2)c1. The van der Waals surface area contributed by atoms with Crippen molar-refractivity contribution < 1.29 is 13.2 Å². The molecular formula is C27H26Cl2N4O3S2. The Labute approximate surface area is 236 Å². The van der Waals surface area contributed by atoms with Crippen LogP contribution in [-0.4, -0.2) is 53.8 Å². The zero-order chi connectivity index (χ0) is 26.7. The molecular weight excluding hydrogens is 563 g/mol. The van der Waals surface area contributed by atoms with Gasteiger partial charge < -0.3 is 4.74 Å². The van der Waals surface area contributed by atoms with Gasteiger partial charge in [0.1, 0.15) is 0 Å². The van der Waals surface area contributed by atoms with Crippen LogP contribution in [0.25, 0.3) is 11.4 Å². The van der Waals surface area contributed by atoms with E-state index in [1.165, 1.54) is 16.1 Å². The third-order valence-electron chi connectivity index (χ3n) is 6.41. The minimum Gasteiger partial charge on any atom is -0.379 e. The molecule has 1 saturated heterocycles. The Morgan fingerprint density at radius 2 is 1.74 bits per heavy atom. The van der Waals surface area contributed by atoms with Gasteiger partial charge in [-0.05, 0) is 42.3 Å². The summed E-state index contributed by atoms with van der Waals surface area (Å²) in [6, 6.07) is 22.3. The first-order valence-electron chi connectivity index (χ1n) is 12.1. The Hall–Kier alpha value is -2.40. The van der Waals surface area contributed by atoms with E-state index in [0.717, 1.165) is 11.1 Å². The van der Waals surface area contributed by atoms with Crippen molar-refractivity contribution in [3.05, 3.63) is 94.0 Å². The maximum Gasteiger partial charge on any atom is 0.243 e. The van der Waals surface area contributed by atoms with Gasteiger partial charge in [-0.3, -0.25) is 4.57 Å². The van der Waals surface area contributed by atoms with Gasteiger partial charge in [0, 0.05) is 34.5 Å². The highest BCUT2D eigenvalue weighted by Crippen LogP contribution is 2.34. The molecule has 1 aliphatic rings. The number of rotatable bonds is 8. The quantitative estimate of drug-likeness (QED) is 0.229. The minimum absolute atomic E-state index is 0.108. The Bertz CT molecular complexity index is 1520. The zero-order valence-electron chi connectivity index (χ0n) is 20.6. The van der Waals surface area contributed by atoms with Crippen molar-refractivity contribution in [1.29, 1.82) is 0 Å². The van der Waals surface area contributed by atoms with Crippen LogP contribution in [0.3, 0.4) is 0 Å². The third kappa shape index (κ3) is 5.78. The predicted octanol–water partition coefficient (Wildman–Crippen LogP) is 6.17. The van der Waals surface area contributed by atoms with Crippen LogP contribution < -0.4 is 0 Å². The summed E-state index contributed by atoms with van der Waals surface area (Å²) in [6.07, 6.45) is 0. The number of halogens is 2. The molecule has 1 fully saturated rings. The van der Waals surface area contributed by atoms with Gasteiger partial charge in [-0.15, -0.1) is 10.2 Å². The Morgan fingerprint density at radius 1 is 0.974 bits per heavy atom. The molecule has 38 heavy (non-hydrogen) atoms. The third-order valence-corrected chi connectivity index (χ3v) is 9.88. The van der Waals surface area contributed by atoms with E-state index >= 15 is 0 Å². The molecule has 1 atom stereocenters. The first kappa shape index (κ1) is 27.2. The second-order valence-corrected chi connectivity index (χ2v) is 12.6. The zero-order valence-corrected chi connectivity index (χ0v) is 23.8. The van der Waals surface area contributed by atoms with Crippen molar-refractivity contribution in [2.75, 3.05) is 26.3 Å². The maximum atomic E-state index is 13.3. The fraction of sp³-hybridized carbons (Fsp3) is 0.259. The number of nitrogens with zero attached hydrogens (tertiary/aromatic N) is 4. The number of sulfonamides is 1. The van der Waals surface area contributed by atoms with Crippen molar-refractivity contribution in [2.45, 2.75) is 28.8 Å². The molecule has 198 valence electrons. The van der Waals surface area contributed by atoms with Crippen LogP contribution in [0.4, 0.5) is 0 Å². The lowest BCUT2D eigenvalue weighted by molar-refractivity contribution is 0.0730. The fourth-order valence-corrected chi connectivity index (χ4v) is 7.34. The highest BCUT2D eigenvalue weighted by atomic mass is 35.5. The Balaban J connectivity index is 1.53. The topological polar surface area (TPSA) is 77.3 Å². The second-order valence-electron chi connectivity index (χ2n) is 8.83. The van der Waals surface area contributed by atoms with Crippen LogP contribution in [0.15, 0.2) is 82.8 Å². The number of hydrogen-bond acceptors (Lipinski definition) is 6. The summed E-state index contributed by atoms with van der Waals surface area (Å²) >= 11 is 14.0. The van der Waals surface area contributed by atoms with E-state index < -0.39 is 10.0 Å². The minimum atomic E-state index is -3.66. The van der Waals surface area contributed by atoms with Gasteiger partial charge in [0.05, 0.1) is 24.2 Å². The molecule has 4 aromatic rings. The van der Waals surface area contributed by atoms with Gasteiger partial charge in [0.15, 0.2) is 11.0 Å². The largest absolute Gasteiger partial charge is 0.379 e. The summed E-state index contributed by atoms with van der Waals surface area (Å²) in [5.41, 5.74) is 2.69. The highest BCUT2D eigenvalue weighted by molar-refractivity contribution is 7.98. The van der Waals surface area contributed by atoms with Gasteiger partial charge in [-0.1, -0.05) is 83.5 Å². The van der Waals surface area contributed by atoms with E-state index in [1.807, 2.05) is 41.0 Å². The van der Waals surface area contributed by atoms with Crippen molar-refractivity contribution >= 4 is 45.0 Å². The first-order valence-corrected chi connectivity index (χ1v) is 15.3. The molecule has 1 aromatic heterocycles. The number of morpholine rings is 1. The maximum absolute atomic E-state index is 13.3. The van der Waals surface area contributed by atoms with Crippen LogP contribution >= 0.6 is 35.0 Å². The van der Waals surface area contributed by atoms with Gasteiger partial charge in [0.2, 0.25) is 10.0 Å². The summed E-state index contributed by atoms with van der Waals surface area (Å²) in [4.78, 5) is 0.223. The van der Waals surface area contributed by atoms with E-state index in [4.69, 9.17) is 27.9 Å². The van der Waals surface area contributed by atoms with Crippen LogP contribution in [0.5, 0.6) is 0 Å². The van der Waals surface area contributed by atoms with Crippen LogP contribution in [0.1, 0.15) is 24.1 Å². The number of hydrogen-bond donors (Lipinski definition) is 0. The molecule has 0 bridgehead atoms. The van der Waals surface area contributed by atoms with Crippen LogP contribution in [-0.2, 0) is 20.5 Å². The number of benzene rings is 3. The lowest BCUT2D eigenvalue weighted by atomic mass is 10.1. The second kappa shape index (κ2) is 11.8. The average Bonchev–Trinajstić information content (AvgIpc) is 3.37. The van der Waals surface area contributed by atoms with E-state index in [2.05, 4.69) is 29.3 Å². The van der Waals surface area contributed by atoms with Crippen molar-refractivity contribution in [3.63, 3.8) is 0 Å². The predicted molar refractivity (Wildman–Crippen MR) is 151 cm³/mol. The van der Waals surface area contributed by atoms with Crippen molar-refractivity contribution in [2.24, 2.45) is 0 Å². The van der Waals surface area contributed by atoms with Crippen molar-refractivity contribution in [1.82, 2.24) is 19.1 Å². The lowest BCUT2D eigenvalue weighted by Gasteiger charge is -2.26. The van der Waals surface area contributed by atoms with Gasteiger partial charge >= 0.3 is 0 Å². The molecule has 0 aliphatic carbocycles. The number of ether oxygens (including phenoxy) is 1. The molecule has 2 heterocycles. The fourth-order valence-electron chi connectivity index (χ4n) is 4.31. The van der Waals surface area contributed by atoms with E-state index in [0.29, 0.717) is 58.6 Å². The molecule has 11 heteroatoms. The lowest BCUT2D eigenvalue weighted by Crippen LogP contribution is -2.40. The van der Waals surface area contributed by atoms with E-state index in [9.17, 15) is 8.42 Å². The standard InChI is InChI=1S/C27H26Cl2N4O3S2/c1-19(20-6-3-2-4-7-20)33-26(30-31-27(33)37-18-22-10-11-23(28)17-25(22)29)21-8-5-9-24(16-21)38(34,35)32-12-14-36-15-13-32/h2-11,16-17,19H,12-15,18H2,1H3/t19-/m0/s1. The summed E-state index contributed by atoms with van der Waals surface area (Å²) in [5, 5.41) is 10.9. The first-order chi connectivity index (χ1) is 18.3. The molecule has 0 saturated carbocycles. The molecule has 3 aromatic carbocycles. The summed E-state index contributed by atoms with van der Waals surface area (Å²) < 4.78 is 35.5. The molecule has 0 amide bonds. The Morgan fingerprint density at radius 3 is 2.47 bits per heavy atom. The monoisotopic (exact) mass is 588 g/mol. The van der Waals surface area contributed by atoms with Crippen LogP contribution in [0.2, 0.25) is 10.0 Å². The van der Waals surface area contributed by atoms with Gasteiger partial charge in [0.25, 0.3) is 0 Å². The van der Waals surface area contributed by atoms with Gasteiger partial charge in [-0.2, -0.15) is 4.31 Å². The Kier molecular flexibility index (Phi) is 8.42. The molecule has 0 unspecified atom stereocenters. The van der Waals surface area contributed by atoms with E-state index in [1.54, 1.807) is 24.3 Å². The highest BCUT2D eigenvalue weighted by Gasteiger charge is 2.28. The van der Waals surface area contributed by atoms with Crippen molar-refractivity contribution in [3.8, 4) is 11.4 Å². The number of thioether (sulfide) groups is 1. The van der Waals surface area contributed by atoms with E-state index in [-0.39, 0.29) is 10.9 Å². The summed E-state index contributed by atoms with van der Waals surface area (Å²) in [6.45, 7) is 3.53. The molecule has 0 N–H and O–H groups in total. The van der Waals surface area contributed by atoms with Crippen LogP contribution in [0, 0.1) is 0 Å². The smallest absolute Gasteiger partial charge is 0.243 e. The number of aromatic nitrogens is 3. The van der Waals surface area contributed by atoms with Gasteiger partial charge in [-0.25, -0.2) is 8.42 Å². The summed E-state index contributed by atoms with van der Waals surface area (Å²) in [5.74, 6) is 1.16.